The van der Waals surface area contributed by atoms with E-state index >= 15 is 0 Å². The normalized spacial score (nSPS) is 9.47. The summed E-state index contributed by atoms with van der Waals surface area (Å²) in [4.78, 5) is 11.3. The molecule has 0 N–H and O–H groups in total. The molecule has 0 spiro atoms. The van der Waals surface area contributed by atoms with Gasteiger partial charge in [0.05, 0.1) is 22.2 Å². The van der Waals surface area contributed by atoms with Crippen molar-refractivity contribution in [3.8, 4) is 6.07 Å². The minimum Gasteiger partial charge on any atom is -0.462 e. The number of carbonyl (C=O) groups is 1. The Labute approximate surface area is 94.6 Å². The number of nitrogens with zero attached hydrogens (tertiary/aromatic N) is 1. The van der Waals surface area contributed by atoms with Gasteiger partial charge in [0.1, 0.15) is 6.07 Å². The standard InChI is InChI=1S/C10H7BrFNO2/c1-2-15-10(14)7-4-3-6(5-13)9(12)8(7)11/h3-4H,2H2,1H3. The van der Waals surface area contributed by atoms with Crippen molar-refractivity contribution >= 4 is 21.9 Å². The molecular formula is C10H7BrFNO2. The van der Waals surface area contributed by atoms with E-state index < -0.39 is 11.8 Å². The minimum atomic E-state index is -0.747. The highest BCUT2D eigenvalue weighted by Gasteiger charge is 2.16. The van der Waals surface area contributed by atoms with Gasteiger partial charge in [-0.2, -0.15) is 5.26 Å². The number of benzene rings is 1. The molecule has 0 unspecified atom stereocenters. The molecule has 0 bridgehead atoms. The molecule has 1 aromatic rings. The first-order valence-electron chi connectivity index (χ1n) is 4.17. The van der Waals surface area contributed by atoms with Crippen molar-refractivity contribution in [2.24, 2.45) is 0 Å². The first-order chi connectivity index (χ1) is 7.11. The molecule has 0 aliphatic rings. The second kappa shape index (κ2) is 4.89. The van der Waals surface area contributed by atoms with Gasteiger partial charge in [0.25, 0.3) is 0 Å². The first-order valence-corrected chi connectivity index (χ1v) is 4.96. The second-order valence-electron chi connectivity index (χ2n) is 2.62. The van der Waals surface area contributed by atoms with Gasteiger partial charge in [0.15, 0.2) is 5.82 Å². The maximum absolute atomic E-state index is 13.4. The van der Waals surface area contributed by atoms with E-state index in [1.165, 1.54) is 12.1 Å². The third-order valence-electron chi connectivity index (χ3n) is 1.70. The average molecular weight is 272 g/mol. The lowest BCUT2D eigenvalue weighted by Crippen LogP contribution is -2.07. The van der Waals surface area contributed by atoms with Crippen LogP contribution in [0.5, 0.6) is 0 Å². The molecule has 15 heavy (non-hydrogen) atoms. The summed E-state index contributed by atoms with van der Waals surface area (Å²) in [5.74, 6) is -1.36. The molecule has 0 amide bonds. The van der Waals surface area contributed by atoms with Crippen molar-refractivity contribution in [1.29, 1.82) is 5.26 Å². The smallest absolute Gasteiger partial charge is 0.339 e. The van der Waals surface area contributed by atoms with Gasteiger partial charge in [-0.15, -0.1) is 0 Å². The van der Waals surface area contributed by atoms with Gasteiger partial charge < -0.3 is 4.74 Å². The molecule has 1 rings (SSSR count). The number of rotatable bonds is 2. The van der Waals surface area contributed by atoms with Gasteiger partial charge in [-0.3, -0.25) is 0 Å². The predicted octanol–water partition coefficient (Wildman–Crippen LogP) is 2.64. The first kappa shape index (κ1) is 11.7. The highest BCUT2D eigenvalue weighted by molar-refractivity contribution is 9.10. The number of halogens is 2. The molecule has 0 aliphatic heterocycles. The fraction of sp³-hybridized carbons (Fsp3) is 0.200. The van der Waals surface area contributed by atoms with Crippen LogP contribution < -0.4 is 0 Å². The van der Waals surface area contributed by atoms with Gasteiger partial charge in [-0.05, 0) is 35.0 Å². The van der Waals surface area contributed by atoms with Crippen molar-refractivity contribution in [3.05, 3.63) is 33.5 Å². The third-order valence-corrected chi connectivity index (χ3v) is 2.47. The Balaban J connectivity index is 3.19. The van der Waals surface area contributed by atoms with Crippen molar-refractivity contribution in [2.45, 2.75) is 6.92 Å². The molecule has 0 saturated carbocycles. The Morgan fingerprint density at radius 1 is 1.67 bits per heavy atom. The molecule has 3 nitrogen and oxygen atoms in total. The molecule has 78 valence electrons. The quantitative estimate of drug-likeness (QED) is 0.777. The molecule has 0 atom stereocenters. The highest BCUT2D eigenvalue weighted by atomic mass is 79.9. The van der Waals surface area contributed by atoms with E-state index in [9.17, 15) is 9.18 Å². The van der Waals surface area contributed by atoms with Gasteiger partial charge in [-0.25, -0.2) is 9.18 Å². The largest absolute Gasteiger partial charge is 0.462 e. The highest BCUT2D eigenvalue weighted by Crippen LogP contribution is 2.24. The van der Waals surface area contributed by atoms with Gasteiger partial charge in [0, 0.05) is 0 Å². The van der Waals surface area contributed by atoms with E-state index in [1.54, 1.807) is 13.0 Å². The fourth-order valence-corrected chi connectivity index (χ4v) is 1.51. The second-order valence-corrected chi connectivity index (χ2v) is 3.41. The summed E-state index contributed by atoms with van der Waals surface area (Å²) in [6.07, 6.45) is 0. The van der Waals surface area contributed by atoms with Crippen LogP contribution in [0.1, 0.15) is 22.8 Å². The SMILES string of the molecule is CCOC(=O)c1ccc(C#N)c(F)c1Br. The van der Waals surface area contributed by atoms with Crippen LogP contribution in [0.15, 0.2) is 16.6 Å². The number of ether oxygens (including phenoxy) is 1. The van der Waals surface area contributed by atoms with Crippen molar-refractivity contribution in [2.75, 3.05) is 6.61 Å². The summed E-state index contributed by atoms with van der Waals surface area (Å²) in [6, 6.07) is 4.27. The van der Waals surface area contributed by atoms with Gasteiger partial charge in [-0.1, -0.05) is 0 Å². The molecule has 0 fully saturated rings. The van der Waals surface area contributed by atoms with E-state index in [0.717, 1.165) is 0 Å². The fourth-order valence-electron chi connectivity index (χ4n) is 1.00. The van der Waals surface area contributed by atoms with Crippen LogP contribution >= 0.6 is 15.9 Å². The predicted molar refractivity (Wildman–Crippen MR) is 54.8 cm³/mol. The number of carbonyl (C=O) groups excluding carboxylic acids is 1. The average Bonchev–Trinajstić information content (AvgIpc) is 2.22. The Kier molecular flexibility index (Phi) is 3.81. The van der Waals surface area contributed by atoms with E-state index in [2.05, 4.69) is 15.9 Å². The zero-order valence-electron chi connectivity index (χ0n) is 7.88. The number of esters is 1. The zero-order chi connectivity index (χ0) is 11.4. The van der Waals surface area contributed by atoms with Crippen molar-refractivity contribution in [3.63, 3.8) is 0 Å². The maximum Gasteiger partial charge on any atom is 0.339 e. The molecule has 0 saturated heterocycles. The van der Waals surface area contributed by atoms with Crippen LogP contribution in [0.3, 0.4) is 0 Å². The molecule has 0 radical (unpaired) electrons. The monoisotopic (exact) mass is 271 g/mol. The number of nitriles is 1. The van der Waals surface area contributed by atoms with E-state index in [-0.39, 0.29) is 22.2 Å². The third kappa shape index (κ3) is 2.34. The minimum absolute atomic E-state index is 0.0417. The van der Waals surface area contributed by atoms with Crippen LogP contribution in [0.25, 0.3) is 0 Å². The lowest BCUT2D eigenvalue weighted by molar-refractivity contribution is 0.0524. The Hall–Kier alpha value is -1.41. The maximum atomic E-state index is 13.4. The summed E-state index contributed by atoms with van der Waals surface area (Å²) < 4.78 is 18.1. The Bertz CT molecular complexity index is 440. The number of hydrogen-bond donors (Lipinski definition) is 0. The van der Waals surface area contributed by atoms with Crippen LogP contribution in [0, 0.1) is 17.1 Å². The summed E-state index contributed by atoms with van der Waals surface area (Å²) >= 11 is 2.92. The van der Waals surface area contributed by atoms with Crippen LogP contribution in [0.4, 0.5) is 4.39 Å². The topological polar surface area (TPSA) is 50.1 Å². The van der Waals surface area contributed by atoms with E-state index in [4.69, 9.17) is 10.00 Å². The van der Waals surface area contributed by atoms with E-state index in [1.807, 2.05) is 0 Å². The lowest BCUT2D eigenvalue weighted by Gasteiger charge is -2.05. The molecule has 5 heteroatoms. The van der Waals surface area contributed by atoms with Crippen LogP contribution in [-0.2, 0) is 4.74 Å². The Morgan fingerprint density at radius 2 is 2.33 bits per heavy atom. The Morgan fingerprint density at radius 3 is 2.87 bits per heavy atom. The van der Waals surface area contributed by atoms with Gasteiger partial charge in [0.2, 0.25) is 0 Å². The summed E-state index contributed by atoms with van der Waals surface area (Å²) in [7, 11) is 0. The summed E-state index contributed by atoms with van der Waals surface area (Å²) in [6.45, 7) is 1.87. The molecule has 1 aromatic carbocycles. The molecule has 0 heterocycles. The summed E-state index contributed by atoms with van der Waals surface area (Å²) in [5, 5.41) is 8.55. The van der Waals surface area contributed by atoms with Crippen molar-refractivity contribution < 1.29 is 13.9 Å². The van der Waals surface area contributed by atoms with E-state index in [0.29, 0.717) is 0 Å². The van der Waals surface area contributed by atoms with Crippen LogP contribution in [0.2, 0.25) is 0 Å². The number of hydrogen-bond acceptors (Lipinski definition) is 3. The molecule has 0 aromatic heterocycles. The zero-order valence-corrected chi connectivity index (χ0v) is 9.47. The van der Waals surface area contributed by atoms with Crippen LogP contribution in [-0.4, -0.2) is 12.6 Å². The summed E-state index contributed by atoms with van der Waals surface area (Å²) in [5.41, 5.74) is -0.0386. The molecule has 0 aliphatic carbocycles. The van der Waals surface area contributed by atoms with Crippen molar-refractivity contribution in [1.82, 2.24) is 0 Å². The van der Waals surface area contributed by atoms with Gasteiger partial charge >= 0.3 is 5.97 Å². The lowest BCUT2D eigenvalue weighted by atomic mass is 10.1. The molecular weight excluding hydrogens is 265 g/mol.